The Kier molecular flexibility index (Phi) is 5.42. The van der Waals surface area contributed by atoms with Crippen molar-refractivity contribution in [3.63, 3.8) is 0 Å². The third kappa shape index (κ3) is 6.95. The van der Waals surface area contributed by atoms with Crippen LogP contribution in [0.4, 0.5) is 10.1 Å². The van der Waals surface area contributed by atoms with Crippen LogP contribution in [-0.4, -0.2) is 19.8 Å². The lowest BCUT2D eigenvalue weighted by atomic mass is 9.93. The van der Waals surface area contributed by atoms with Gasteiger partial charge in [-0.25, -0.2) is 4.39 Å². The fourth-order valence-electron chi connectivity index (χ4n) is 1.35. The molecule has 1 aromatic carbocycles. The van der Waals surface area contributed by atoms with Crippen molar-refractivity contribution in [1.29, 1.82) is 0 Å². The molecule has 0 unspecified atom stereocenters. The number of anilines is 1. The third-order valence-electron chi connectivity index (χ3n) is 2.40. The van der Waals surface area contributed by atoms with Gasteiger partial charge in [-0.1, -0.05) is 26.8 Å². The lowest BCUT2D eigenvalue weighted by Gasteiger charge is -2.17. The zero-order chi connectivity index (χ0) is 12.7. The van der Waals surface area contributed by atoms with Gasteiger partial charge in [0.25, 0.3) is 0 Å². The first-order valence-electron chi connectivity index (χ1n) is 6.04. The van der Waals surface area contributed by atoms with Gasteiger partial charge in [0.2, 0.25) is 0 Å². The molecule has 0 saturated heterocycles. The van der Waals surface area contributed by atoms with Gasteiger partial charge in [-0.3, -0.25) is 0 Å². The number of ether oxygens (including phenoxy) is 1. The van der Waals surface area contributed by atoms with Crippen LogP contribution >= 0.6 is 0 Å². The summed E-state index contributed by atoms with van der Waals surface area (Å²) in [5, 5.41) is 3.12. The smallest absolute Gasteiger partial charge is 0.125 e. The Morgan fingerprint density at radius 2 is 2.00 bits per heavy atom. The molecule has 0 amide bonds. The molecule has 0 radical (unpaired) electrons. The standard InChI is InChI=1S/C14H22FNO/c1-14(2,3)7-9-17-10-8-16-13-6-4-5-12(15)11-13/h4-6,11,16H,7-10H2,1-3H3. The zero-order valence-corrected chi connectivity index (χ0v) is 10.9. The lowest BCUT2D eigenvalue weighted by Crippen LogP contribution is -2.14. The van der Waals surface area contributed by atoms with Crippen LogP contribution in [0.5, 0.6) is 0 Å². The summed E-state index contributed by atoms with van der Waals surface area (Å²) in [4.78, 5) is 0. The minimum Gasteiger partial charge on any atom is -0.383 e. The van der Waals surface area contributed by atoms with E-state index in [1.165, 1.54) is 12.1 Å². The third-order valence-corrected chi connectivity index (χ3v) is 2.40. The zero-order valence-electron chi connectivity index (χ0n) is 10.9. The summed E-state index contributed by atoms with van der Waals surface area (Å²) in [6.45, 7) is 8.71. The first-order chi connectivity index (χ1) is 7.97. The van der Waals surface area contributed by atoms with Crippen molar-refractivity contribution < 1.29 is 9.13 Å². The Morgan fingerprint density at radius 3 is 2.65 bits per heavy atom. The van der Waals surface area contributed by atoms with E-state index in [9.17, 15) is 4.39 Å². The molecule has 1 N–H and O–H groups in total. The monoisotopic (exact) mass is 239 g/mol. The largest absolute Gasteiger partial charge is 0.383 e. The Bertz CT molecular complexity index is 333. The summed E-state index contributed by atoms with van der Waals surface area (Å²) in [7, 11) is 0. The summed E-state index contributed by atoms with van der Waals surface area (Å²) in [6, 6.07) is 6.45. The van der Waals surface area contributed by atoms with E-state index in [1.807, 2.05) is 6.07 Å². The summed E-state index contributed by atoms with van der Waals surface area (Å²) in [5.74, 6) is -0.219. The molecule has 0 bridgehead atoms. The molecule has 0 aromatic heterocycles. The van der Waals surface area contributed by atoms with Gasteiger partial charge < -0.3 is 10.1 Å². The predicted octanol–water partition coefficient (Wildman–Crippen LogP) is 3.69. The molecule has 0 heterocycles. The minimum absolute atomic E-state index is 0.219. The van der Waals surface area contributed by atoms with Gasteiger partial charge in [0.05, 0.1) is 6.61 Å². The van der Waals surface area contributed by atoms with E-state index in [2.05, 4.69) is 26.1 Å². The summed E-state index contributed by atoms with van der Waals surface area (Å²) >= 11 is 0. The highest BCUT2D eigenvalue weighted by Crippen LogP contribution is 2.17. The van der Waals surface area contributed by atoms with Crippen LogP contribution in [0.3, 0.4) is 0 Å². The number of benzene rings is 1. The van der Waals surface area contributed by atoms with Crippen molar-refractivity contribution in [2.45, 2.75) is 27.2 Å². The van der Waals surface area contributed by atoms with E-state index < -0.39 is 0 Å². The van der Waals surface area contributed by atoms with E-state index in [0.717, 1.165) is 18.7 Å². The van der Waals surface area contributed by atoms with Crippen molar-refractivity contribution in [3.05, 3.63) is 30.1 Å². The Balaban J connectivity index is 2.09. The van der Waals surface area contributed by atoms with Gasteiger partial charge in [-0.15, -0.1) is 0 Å². The van der Waals surface area contributed by atoms with Gasteiger partial charge in [0, 0.05) is 18.8 Å². The molecule has 0 spiro atoms. The highest BCUT2D eigenvalue weighted by Gasteiger charge is 2.08. The fourth-order valence-corrected chi connectivity index (χ4v) is 1.35. The Labute approximate surface area is 103 Å². The molecule has 3 heteroatoms. The lowest BCUT2D eigenvalue weighted by molar-refractivity contribution is 0.116. The molecule has 1 rings (SSSR count). The molecular formula is C14H22FNO. The average Bonchev–Trinajstić information content (AvgIpc) is 2.22. The van der Waals surface area contributed by atoms with Crippen molar-refractivity contribution in [2.24, 2.45) is 5.41 Å². The van der Waals surface area contributed by atoms with Gasteiger partial charge in [0.1, 0.15) is 5.82 Å². The number of nitrogens with one attached hydrogen (secondary N) is 1. The predicted molar refractivity (Wildman–Crippen MR) is 69.8 cm³/mol. The summed E-state index contributed by atoms with van der Waals surface area (Å²) < 4.78 is 18.4. The normalized spacial score (nSPS) is 11.5. The second kappa shape index (κ2) is 6.60. The van der Waals surface area contributed by atoms with Crippen molar-refractivity contribution >= 4 is 5.69 Å². The average molecular weight is 239 g/mol. The molecule has 0 aliphatic carbocycles. The molecule has 0 aliphatic rings. The van der Waals surface area contributed by atoms with E-state index in [4.69, 9.17) is 4.74 Å². The van der Waals surface area contributed by atoms with Crippen LogP contribution in [0.25, 0.3) is 0 Å². The first-order valence-corrected chi connectivity index (χ1v) is 6.04. The molecule has 2 nitrogen and oxygen atoms in total. The maximum atomic E-state index is 12.9. The second-order valence-electron chi connectivity index (χ2n) is 5.36. The number of rotatable bonds is 6. The summed E-state index contributed by atoms with van der Waals surface area (Å²) in [6.07, 6.45) is 1.05. The van der Waals surface area contributed by atoms with E-state index in [0.29, 0.717) is 18.6 Å². The molecule has 96 valence electrons. The molecule has 0 aliphatic heterocycles. The van der Waals surface area contributed by atoms with E-state index in [-0.39, 0.29) is 5.82 Å². The molecule has 0 fully saturated rings. The van der Waals surface area contributed by atoms with Crippen molar-refractivity contribution in [3.8, 4) is 0 Å². The van der Waals surface area contributed by atoms with Gasteiger partial charge >= 0.3 is 0 Å². The minimum atomic E-state index is -0.219. The fraction of sp³-hybridized carbons (Fsp3) is 0.571. The highest BCUT2D eigenvalue weighted by atomic mass is 19.1. The van der Waals surface area contributed by atoms with Crippen LogP contribution in [0.2, 0.25) is 0 Å². The van der Waals surface area contributed by atoms with Crippen LogP contribution in [0.15, 0.2) is 24.3 Å². The summed E-state index contributed by atoms with van der Waals surface area (Å²) in [5.41, 5.74) is 1.11. The topological polar surface area (TPSA) is 21.3 Å². The molecule has 0 atom stereocenters. The molecule has 0 saturated carbocycles. The Morgan fingerprint density at radius 1 is 1.24 bits per heavy atom. The highest BCUT2D eigenvalue weighted by molar-refractivity contribution is 5.42. The molecular weight excluding hydrogens is 217 g/mol. The number of hydrogen-bond donors (Lipinski definition) is 1. The number of halogens is 1. The SMILES string of the molecule is CC(C)(C)CCOCCNc1cccc(F)c1. The first kappa shape index (κ1) is 14.0. The molecule has 17 heavy (non-hydrogen) atoms. The van der Waals surface area contributed by atoms with Crippen LogP contribution in [0, 0.1) is 11.2 Å². The van der Waals surface area contributed by atoms with E-state index >= 15 is 0 Å². The number of hydrogen-bond acceptors (Lipinski definition) is 2. The maximum absolute atomic E-state index is 12.9. The van der Waals surface area contributed by atoms with Crippen molar-refractivity contribution in [2.75, 3.05) is 25.1 Å². The van der Waals surface area contributed by atoms with Gasteiger partial charge in [-0.2, -0.15) is 0 Å². The quantitative estimate of drug-likeness (QED) is 0.764. The van der Waals surface area contributed by atoms with Gasteiger partial charge in [-0.05, 0) is 30.0 Å². The maximum Gasteiger partial charge on any atom is 0.125 e. The van der Waals surface area contributed by atoms with Gasteiger partial charge in [0.15, 0.2) is 0 Å². The van der Waals surface area contributed by atoms with Crippen molar-refractivity contribution in [1.82, 2.24) is 0 Å². The molecule has 1 aromatic rings. The second-order valence-corrected chi connectivity index (χ2v) is 5.36. The van der Waals surface area contributed by atoms with E-state index in [1.54, 1.807) is 6.07 Å². The van der Waals surface area contributed by atoms with Crippen LogP contribution < -0.4 is 5.32 Å². The van der Waals surface area contributed by atoms with Crippen LogP contribution in [-0.2, 0) is 4.74 Å². The Hall–Kier alpha value is -1.09. The van der Waals surface area contributed by atoms with Crippen LogP contribution in [0.1, 0.15) is 27.2 Å².